The zero-order chi connectivity index (χ0) is 45.6. The highest BCUT2D eigenvalue weighted by Crippen LogP contribution is 2.49. The number of aryl methyl sites for hydroxylation is 8. The predicted octanol–water partition coefficient (Wildman–Crippen LogP) is 15.0. The van der Waals surface area contributed by atoms with Crippen molar-refractivity contribution in [1.82, 2.24) is 0 Å². The van der Waals surface area contributed by atoms with E-state index < -0.39 is 15.8 Å². The average Bonchev–Trinajstić information content (AvgIpc) is 3.28. The number of hydrogen-bond acceptors (Lipinski definition) is 0. The first kappa shape index (κ1) is 43.5. The van der Waals surface area contributed by atoms with E-state index in [4.69, 9.17) is 0 Å². The van der Waals surface area contributed by atoms with Crippen LogP contribution in [0.1, 0.15) is 44.5 Å². The Bertz CT molecular complexity index is 3040. The standard InChI is InChI=1S/C64H56P2/c1-41-27-42(2)32-51(31-41)65(52-33-43(3)28-44(4)34-52)61-39-59(49-19-11-9-12-20-49)55-23-15-17-25-57(55)63(61)64-58-26-18-16-24-56(58)60(50-21-13-10-14-22-50)40-62(64)66(53-35-45(5)29-46(6)36-53)54-37-47(7)30-48(8)38-54/h9-40H,1-8H3. The monoisotopic (exact) mass is 886 g/mol. The van der Waals surface area contributed by atoms with Crippen molar-refractivity contribution >= 4 is 69.2 Å². The van der Waals surface area contributed by atoms with Crippen molar-refractivity contribution in [3.63, 3.8) is 0 Å². The second kappa shape index (κ2) is 18.1. The van der Waals surface area contributed by atoms with Crippen LogP contribution in [0.2, 0.25) is 0 Å². The van der Waals surface area contributed by atoms with Gasteiger partial charge in [-0.1, -0.05) is 226 Å². The molecule has 66 heavy (non-hydrogen) atoms. The minimum Gasteiger partial charge on any atom is -0.0622 e. The van der Waals surface area contributed by atoms with Crippen molar-refractivity contribution in [3.8, 4) is 33.4 Å². The highest BCUT2D eigenvalue weighted by molar-refractivity contribution is 7.81. The van der Waals surface area contributed by atoms with E-state index in [1.807, 2.05) is 0 Å². The lowest BCUT2D eigenvalue weighted by atomic mass is 9.87. The topological polar surface area (TPSA) is 0 Å². The van der Waals surface area contributed by atoms with Gasteiger partial charge in [0.2, 0.25) is 0 Å². The van der Waals surface area contributed by atoms with Gasteiger partial charge >= 0.3 is 0 Å². The number of fused-ring (bicyclic) bond motifs is 2. The fourth-order valence-corrected chi connectivity index (χ4v) is 16.3. The molecule has 0 N–H and O–H groups in total. The minimum atomic E-state index is -1.10. The molecule has 0 saturated heterocycles. The summed E-state index contributed by atoms with van der Waals surface area (Å²) in [7, 11) is -2.19. The molecule has 0 aliphatic heterocycles. The second-order valence-electron chi connectivity index (χ2n) is 18.5. The van der Waals surface area contributed by atoms with Gasteiger partial charge in [-0.2, -0.15) is 0 Å². The fraction of sp³-hybridized carbons (Fsp3) is 0.125. The fourth-order valence-electron chi connectivity index (χ4n) is 10.5. The molecule has 0 heterocycles. The van der Waals surface area contributed by atoms with Gasteiger partial charge < -0.3 is 0 Å². The van der Waals surface area contributed by atoms with Crippen LogP contribution in [0.25, 0.3) is 54.9 Å². The Kier molecular flexibility index (Phi) is 11.9. The molecule has 10 aromatic carbocycles. The largest absolute Gasteiger partial charge is 0.0622 e. The quantitative estimate of drug-likeness (QED) is 0.127. The van der Waals surface area contributed by atoms with Crippen LogP contribution in [0.5, 0.6) is 0 Å². The first-order chi connectivity index (χ1) is 32.0. The molecular weight excluding hydrogens is 831 g/mol. The van der Waals surface area contributed by atoms with Crippen molar-refractivity contribution < 1.29 is 0 Å². The molecule has 0 fully saturated rings. The van der Waals surface area contributed by atoms with Crippen molar-refractivity contribution in [2.24, 2.45) is 0 Å². The molecule has 0 unspecified atom stereocenters. The van der Waals surface area contributed by atoms with E-state index in [9.17, 15) is 0 Å². The molecule has 0 saturated carbocycles. The highest BCUT2D eigenvalue weighted by Gasteiger charge is 2.31. The molecule has 0 amide bonds. The van der Waals surface area contributed by atoms with Gasteiger partial charge in [-0.15, -0.1) is 0 Å². The zero-order valence-electron chi connectivity index (χ0n) is 39.4. The van der Waals surface area contributed by atoms with Gasteiger partial charge in [0.15, 0.2) is 0 Å². The lowest BCUT2D eigenvalue weighted by Gasteiger charge is -2.31. The van der Waals surface area contributed by atoms with Crippen molar-refractivity contribution in [2.45, 2.75) is 55.4 Å². The van der Waals surface area contributed by atoms with E-state index in [2.05, 4.69) is 250 Å². The smallest absolute Gasteiger partial charge is 0.000839 e. The van der Waals surface area contributed by atoms with Gasteiger partial charge in [0, 0.05) is 0 Å². The van der Waals surface area contributed by atoms with Crippen molar-refractivity contribution in [3.05, 3.63) is 239 Å². The van der Waals surface area contributed by atoms with Crippen LogP contribution >= 0.6 is 15.8 Å². The van der Waals surface area contributed by atoms with Crippen LogP contribution in [-0.2, 0) is 0 Å². The maximum Gasteiger partial charge on any atom is -0.000839 e. The maximum absolute atomic E-state index is 2.60. The lowest BCUT2D eigenvalue weighted by molar-refractivity contribution is 1.40. The number of benzene rings is 10. The minimum absolute atomic E-state index is 1.10. The van der Waals surface area contributed by atoms with Gasteiger partial charge in [0.25, 0.3) is 0 Å². The van der Waals surface area contributed by atoms with E-state index in [0.29, 0.717) is 0 Å². The molecule has 0 nitrogen and oxygen atoms in total. The van der Waals surface area contributed by atoms with E-state index in [1.165, 1.54) is 131 Å². The van der Waals surface area contributed by atoms with Crippen LogP contribution in [0.4, 0.5) is 0 Å². The lowest BCUT2D eigenvalue weighted by Crippen LogP contribution is -2.27. The SMILES string of the molecule is Cc1cc(C)cc(P(c2cc(C)cc(C)c2)c2cc(-c3ccccc3)c3ccccc3c2-c2c(P(c3cc(C)cc(C)c3)c3cc(C)cc(C)c3)cc(-c3ccccc3)c3ccccc23)c1. The van der Waals surface area contributed by atoms with Gasteiger partial charge in [0.05, 0.1) is 0 Å². The van der Waals surface area contributed by atoms with Crippen molar-refractivity contribution in [1.29, 1.82) is 0 Å². The normalized spacial score (nSPS) is 11.6. The summed E-state index contributed by atoms with van der Waals surface area (Å²) >= 11 is 0. The average molecular weight is 887 g/mol. The highest BCUT2D eigenvalue weighted by atomic mass is 31.1. The van der Waals surface area contributed by atoms with Gasteiger partial charge in [-0.05, 0) is 170 Å². The number of rotatable bonds is 9. The second-order valence-corrected chi connectivity index (χ2v) is 22.9. The summed E-state index contributed by atoms with van der Waals surface area (Å²) in [6.45, 7) is 18.1. The number of hydrogen-bond donors (Lipinski definition) is 0. The summed E-state index contributed by atoms with van der Waals surface area (Å²) in [4.78, 5) is 0. The molecule has 2 heteroatoms. The molecule has 10 rings (SSSR count). The maximum atomic E-state index is 2.60. The molecule has 0 aromatic heterocycles. The van der Waals surface area contributed by atoms with Crippen LogP contribution in [0.3, 0.4) is 0 Å². The molecule has 0 spiro atoms. The Morgan fingerprint density at radius 3 is 0.758 bits per heavy atom. The zero-order valence-corrected chi connectivity index (χ0v) is 41.2. The Morgan fingerprint density at radius 2 is 0.485 bits per heavy atom. The van der Waals surface area contributed by atoms with E-state index in [0.717, 1.165) is 0 Å². The van der Waals surface area contributed by atoms with Gasteiger partial charge in [-0.25, -0.2) is 0 Å². The predicted molar refractivity (Wildman–Crippen MR) is 293 cm³/mol. The van der Waals surface area contributed by atoms with Crippen LogP contribution in [0.15, 0.2) is 194 Å². The summed E-state index contributed by atoms with van der Waals surface area (Å²) in [6, 6.07) is 74.9. The Morgan fingerprint density at radius 1 is 0.242 bits per heavy atom. The Labute approximate surface area is 394 Å². The van der Waals surface area contributed by atoms with Crippen LogP contribution in [0, 0.1) is 55.4 Å². The van der Waals surface area contributed by atoms with Crippen LogP contribution < -0.4 is 31.8 Å². The molecule has 10 aromatic rings. The van der Waals surface area contributed by atoms with E-state index >= 15 is 0 Å². The van der Waals surface area contributed by atoms with Crippen LogP contribution in [-0.4, -0.2) is 0 Å². The summed E-state index contributed by atoms with van der Waals surface area (Å²) < 4.78 is 0. The molecule has 0 aliphatic rings. The molecular formula is C64H56P2. The molecule has 0 aliphatic carbocycles. The third kappa shape index (κ3) is 8.46. The van der Waals surface area contributed by atoms with Gasteiger partial charge in [0.1, 0.15) is 0 Å². The first-order valence-electron chi connectivity index (χ1n) is 23.2. The summed E-state index contributed by atoms with van der Waals surface area (Å²) in [6.07, 6.45) is 0. The Hall–Kier alpha value is -6.42. The summed E-state index contributed by atoms with van der Waals surface area (Å²) in [5.74, 6) is 0. The van der Waals surface area contributed by atoms with Crippen molar-refractivity contribution in [2.75, 3.05) is 0 Å². The molecule has 0 radical (unpaired) electrons. The molecule has 322 valence electrons. The summed E-state index contributed by atoms with van der Waals surface area (Å²) in [5, 5.41) is 13.4. The third-order valence-corrected chi connectivity index (χ3v) is 17.6. The summed E-state index contributed by atoms with van der Waals surface area (Å²) in [5.41, 5.74) is 18.0. The van der Waals surface area contributed by atoms with E-state index in [1.54, 1.807) is 0 Å². The Balaban J connectivity index is 1.47. The van der Waals surface area contributed by atoms with E-state index in [-0.39, 0.29) is 0 Å². The van der Waals surface area contributed by atoms with Gasteiger partial charge in [-0.3, -0.25) is 0 Å². The third-order valence-electron chi connectivity index (χ3n) is 12.8. The molecule has 0 atom stereocenters. The first-order valence-corrected chi connectivity index (χ1v) is 25.8. The molecule has 0 bridgehead atoms.